The third-order valence-corrected chi connectivity index (χ3v) is 2.47. The smallest absolute Gasteiger partial charge is 0.159 e. The summed E-state index contributed by atoms with van der Waals surface area (Å²) in [6, 6.07) is 0. The minimum Gasteiger partial charge on any atom is -0.380 e. The molecule has 0 aromatic carbocycles. The molecule has 0 amide bonds. The highest BCUT2D eigenvalue weighted by molar-refractivity contribution is 4.87. The second-order valence-corrected chi connectivity index (χ2v) is 4.23. The van der Waals surface area contributed by atoms with Gasteiger partial charge in [0, 0.05) is 5.92 Å². The number of ether oxygens (including phenoxy) is 3. The van der Waals surface area contributed by atoms with E-state index in [0.29, 0.717) is 5.92 Å². The lowest BCUT2D eigenvalue weighted by Gasteiger charge is -2.46. The summed E-state index contributed by atoms with van der Waals surface area (Å²) >= 11 is 0. The monoisotopic (exact) mass is 172 g/mol. The van der Waals surface area contributed by atoms with Crippen molar-refractivity contribution in [1.82, 2.24) is 0 Å². The van der Waals surface area contributed by atoms with Crippen molar-refractivity contribution in [1.29, 1.82) is 0 Å². The number of rotatable bonds is 1. The summed E-state index contributed by atoms with van der Waals surface area (Å²) in [5.74, 6) is 0.448. The number of hydrogen-bond donors (Lipinski definition) is 0. The Bertz CT molecular complexity index is 153. The minimum absolute atomic E-state index is 0.00350. The van der Waals surface area contributed by atoms with Crippen LogP contribution >= 0.6 is 0 Å². The maximum atomic E-state index is 5.59. The fourth-order valence-electron chi connectivity index (χ4n) is 1.55. The normalized spacial score (nSPS) is 29.2. The van der Waals surface area contributed by atoms with Crippen molar-refractivity contribution in [2.24, 2.45) is 11.3 Å². The quantitative estimate of drug-likeness (QED) is 0.591. The Kier molecular flexibility index (Phi) is 2.10. The lowest BCUT2D eigenvalue weighted by molar-refractivity contribution is -0.294. The summed E-state index contributed by atoms with van der Waals surface area (Å²) in [6.07, 6.45) is -0.00350. The van der Waals surface area contributed by atoms with Gasteiger partial charge in [-0.3, -0.25) is 0 Å². The van der Waals surface area contributed by atoms with Gasteiger partial charge in [0.2, 0.25) is 0 Å². The third-order valence-electron chi connectivity index (χ3n) is 2.47. The van der Waals surface area contributed by atoms with Gasteiger partial charge in [-0.15, -0.1) is 0 Å². The van der Waals surface area contributed by atoms with Crippen molar-refractivity contribution in [3.05, 3.63) is 0 Å². The van der Waals surface area contributed by atoms with E-state index < -0.39 is 0 Å². The first-order valence-electron chi connectivity index (χ1n) is 4.53. The van der Waals surface area contributed by atoms with Gasteiger partial charge in [-0.05, 0) is 0 Å². The van der Waals surface area contributed by atoms with E-state index in [-0.39, 0.29) is 11.7 Å². The van der Waals surface area contributed by atoms with E-state index in [0.717, 1.165) is 26.4 Å². The molecule has 0 atom stereocenters. The topological polar surface area (TPSA) is 27.7 Å². The molecule has 0 radical (unpaired) electrons. The standard InChI is InChI=1S/C9H16O3/c1-7(2)8-11-5-9(6-12-8)3-10-4-9/h7-8H,3-6H2,1-2H3. The van der Waals surface area contributed by atoms with E-state index in [1.807, 2.05) is 0 Å². The lowest BCUT2D eigenvalue weighted by Crippen LogP contribution is -2.55. The molecule has 2 fully saturated rings. The largest absolute Gasteiger partial charge is 0.380 e. The first-order valence-corrected chi connectivity index (χ1v) is 4.53. The Balaban J connectivity index is 1.84. The Morgan fingerprint density at radius 3 is 2.00 bits per heavy atom. The summed E-state index contributed by atoms with van der Waals surface area (Å²) in [5, 5.41) is 0. The molecule has 0 unspecified atom stereocenters. The van der Waals surface area contributed by atoms with Gasteiger partial charge in [-0.1, -0.05) is 13.8 Å². The average Bonchev–Trinajstić information content (AvgIpc) is 2.02. The average molecular weight is 172 g/mol. The van der Waals surface area contributed by atoms with Crippen LogP contribution < -0.4 is 0 Å². The molecule has 0 bridgehead atoms. The van der Waals surface area contributed by atoms with Crippen molar-refractivity contribution in [3.63, 3.8) is 0 Å². The summed E-state index contributed by atoms with van der Waals surface area (Å²) in [7, 11) is 0. The zero-order chi connectivity index (χ0) is 8.60. The molecular weight excluding hydrogens is 156 g/mol. The van der Waals surface area contributed by atoms with Crippen LogP contribution in [0.4, 0.5) is 0 Å². The molecule has 0 saturated carbocycles. The highest BCUT2D eigenvalue weighted by atomic mass is 16.7. The van der Waals surface area contributed by atoms with Crippen LogP contribution in [0.3, 0.4) is 0 Å². The maximum Gasteiger partial charge on any atom is 0.159 e. The van der Waals surface area contributed by atoms with Crippen molar-refractivity contribution < 1.29 is 14.2 Å². The Hall–Kier alpha value is -0.120. The molecule has 3 heteroatoms. The molecule has 2 aliphatic rings. The zero-order valence-corrected chi connectivity index (χ0v) is 7.71. The van der Waals surface area contributed by atoms with E-state index in [1.165, 1.54) is 0 Å². The highest BCUT2D eigenvalue weighted by Gasteiger charge is 2.43. The molecule has 2 aliphatic heterocycles. The molecular formula is C9H16O3. The van der Waals surface area contributed by atoms with E-state index in [1.54, 1.807) is 0 Å². The second kappa shape index (κ2) is 2.98. The fraction of sp³-hybridized carbons (Fsp3) is 1.00. The van der Waals surface area contributed by atoms with Gasteiger partial charge in [-0.25, -0.2) is 0 Å². The molecule has 0 N–H and O–H groups in total. The summed E-state index contributed by atoms with van der Waals surface area (Å²) in [5.41, 5.74) is 0.200. The molecule has 2 rings (SSSR count). The van der Waals surface area contributed by atoms with Crippen LogP contribution in [0, 0.1) is 11.3 Å². The molecule has 2 heterocycles. The van der Waals surface area contributed by atoms with Gasteiger partial charge < -0.3 is 14.2 Å². The second-order valence-electron chi connectivity index (χ2n) is 4.23. The van der Waals surface area contributed by atoms with Gasteiger partial charge in [-0.2, -0.15) is 0 Å². The molecule has 2 saturated heterocycles. The molecule has 1 spiro atoms. The zero-order valence-electron chi connectivity index (χ0n) is 7.71. The van der Waals surface area contributed by atoms with Crippen LogP contribution in [0.5, 0.6) is 0 Å². The van der Waals surface area contributed by atoms with Crippen molar-refractivity contribution >= 4 is 0 Å². The predicted octanol–water partition coefficient (Wildman–Crippen LogP) is 1.03. The third kappa shape index (κ3) is 1.37. The minimum atomic E-state index is -0.00350. The Labute approximate surface area is 73.0 Å². The Morgan fingerprint density at radius 2 is 1.67 bits per heavy atom. The van der Waals surface area contributed by atoms with Crippen LogP contribution in [0.1, 0.15) is 13.8 Å². The molecule has 0 aromatic rings. The molecule has 12 heavy (non-hydrogen) atoms. The first-order chi connectivity index (χ1) is 5.72. The maximum absolute atomic E-state index is 5.59. The van der Waals surface area contributed by atoms with E-state index in [2.05, 4.69) is 13.8 Å². The highest BCUT2D eigenvalue weighted by Crippen LogP contribution is 2.33. The van der Waals surface area contributed by atoms with Crippen molar-refractivity contribution in [3.8, 4) is 0 Å². The summed E-state index contributed by atoms with van der Waals surface area (Å²) < 4.78 is 16.3. The summed E-state index contributed by atoms with van der Waals surface area (Å²) in [6.45, 7) is 7.43. The van der Waals surface area contributed by atoms with Crippen LogP contribution in [-0.2, 0) is 14.2 Å². The van der Waals surface area contributed by atoms with E-state index in [4.69, 9.17) is 14.2 Å². The van der Waals surface area contributed by atoms with Crippen LogP contribution in [0.15, 0.2) is 0 Å². The van der Waals surface area contributed by atoms with Crippen molar-refractivity contribution in [2.45, 2.75) is 20.1 Å². The van der Waals surface area contributed by atoms with Crippen LogP contribution in [-0.4, -0.2) is 32.7 Å². The van der Waals surface area contributed by atoms with Gasteiger partial charge in [0.15, 0.2) is 6.29 Å². The van der Waals surface area contributed by atoms with E-state index >= 15 is 0 Å². The lowest BCUT2D eigenvalue weighted by atomic mass is 9.87. The van der Waals surface area contributed by atoms with E-state index in [9.17, 15) is 0 Å². The molecule has 0 aromatic heterocycles. The number of hydrogen-bond acceptors (Lipinski definition) is 3. The molecule has 70 valence electrons. The SMILES string of the molecule is CC(C)C1OCC2(COC2)CO1. The predicted molar refractivity (Wildman–Crippen MR) is 43.8 cm³/mol. The van der Waals surface area contributed by atoms with Gasteiger partial charge in [0.1, 0.15) is 0 Å². The van der Waals surface area contributed by atoms with Crippen LogP contribution in [0.2, 0.25) is 0 Å². The summed E-state index contributed by atoms with van der Waals surface area (Å²) in [4.78, 5) is 0. The Morgan fingerprint density at radius 1 is 1.08 bits per heavy atom. The van der Waals surface area contributed by atoms with Crippen molar-refractivity contribution in [2.75, 3.05) is 26.4 Å². The van der Waals surface area contributed by atoms with Gasteiger partial charge in [0.25, 0.3) is 0 Å². The van der Waals surface area contributed by atoms with Gasteiger partial charge >= 0.3 is 0 Å². The molecule has 3 nitrogen and oxygen atoms in total. The van der Waals surface area contributed by atoms with Crippen LogP contribution in [0.25, 0.3) is 0 Å². The fourth-order valence-corrected chi connectivity index (χ4v) is 1.55. The van der Waals surface area contributed by atoms with Gasteiger partial charge in [0.05, 0.1) is 31.8 Å². The molecule has 0 aliphatic carbocycles. The first kappa shape index (κ1) is 8.48.